The van der Waals surface area contributed by atoms with Gasteiger partial charge in [0.2, 0.25) is 5.91 Å². The van der Waals surface area contributed by atoms with Gasteiger partial charge in [-0.05, 0) is 64.1 Å². The smallest absolute Gasteiger partial charge is 0.255 e. The zero-order valence-electron chi connectivity index (χ0n) is 15.1. The molecule has 25 heavy (non-hydrogen) atoms. The van der Waals surface area contributed by atoms with Gasteiger partial charge in [0.15, 0.2) is 0 Å². The van der Waals surface area contributed by atoms with Gasteiger partial charge in [-0.1, -0.05) is 17.7 Å². The van der Waals surface area contributed by atoms with E-state index < -0.39 is 0 Å². The van der Waals surface area contributed by atoms with Crippen LogP contribution in [-0.4, -0.2) is 23.9 Å². The molecule has 5 nitrogen and oxygen atoms in total. The fourth-order valence-corrected chi connectivity index (χ4v) is 2.31. The second kappa shape index (κ2) is 7.83. The van der Waals surface area contributed by atoms with E-state index in [1.54, 1.807) is 18.2 Å². The van der Waals surface area contributed by atoms with Crippen LogP contribution in [0, 0.1) is 6.92 Å². The third-order valence-electron chi connectivity index (χ3n) is 3.39. The van der Waals surface area contributed by atoms with Gasteiger partial charge in [0.25, 0.3) is 5.91 Å². The second-order valence-electron chi connectivity index (χ2n) is 7.05. The van der Waals surface area contributed by atoms with E-state index in [1.807, 2.05) is 58.0 Å². The first-order chi connectivity index (χ1) is 11.7. The molecule has 5 heteroatoms. The summed E-state index contributed by atoms with van der Waals surface area (Å²) in [5, 5.41) is 8.82. The van der Waals surface area contributed by atoms with Crippen molar-refractivity contribution in [1.29, 1.82) is 0 Å². The second-order valence-corrected chi connectivity index (χ2v) is 7.05. The van der Waals surface area contributed by atoms with Crippen molar-refractivity contribution in [1.82, 2.24) is 5.32 Å². The molecule has 0 bridgehead atoms. The standard InChI is InChI=1S/C20H25N3O2/c1-14-6-5-7-15(12-14)19(25)22-17-10-8-16(9-11-17)21-13-18(24)23-20(2,3)4/h5-12,21H,13H2,1-4H3,(H,22,25)(H,23,24). The summed E-state index contributed by atoms with van der Waals surface area (Å²) in [6, 6.07) is 14.7. The Morgan fingerprint density at radius 3 is 2.20 bits per heavy atom. The number of hydrogen-bond acceptors (Lipinski definition) is 3. The van der Waals surface area contributed by atoms with Crippen molar-refractivity contribution in [3.63, 3.8) is 0 Å². The van der Waals surface area contributed by atoms with Gasteiger partial charge in [-0.2, -0.15) is 0 Å². The van der Waals surface area contributed by atoms with E-state index in [1.165, 1.54) is 0 Å². The fourth-order valence-electron chi connectivity index (χ4n) is 2.31. The van der Waals surface area contributed by atoms with Gasteiger partial charge in [-0.3, -0.25) is 9.59 Å². The Balaban J connectivity index is 1.89. The minimum atomic E-state index is -0.247. The van der Waals surface area contributed by atoms with Crippen molar-refractivity contribution in [2.24, 2.45) is 0 Å². The van der Waals surface area contributed by atoms with E-state index in [0.717, 1.165) is 11.3 Å². The molecule has 2 aromatic rings. The number of nitrogens with one attached hydrogen (secondary N) is 3. The van der Waals surface area contributed by atoms with Crippen LogP contribution in [0.3, 0.4) is 0 Å². The minimum absolute atomic E-state index is 0.0654. The number of carbonyl (C=O) groups excluding carboxylic acids is 2. The number of carbonyl (C=O) groups is 2. The van der Waals surface area contributed by atoms with Crippen LogP contribution in [0.5, 0.6) is 0 Å². The fraction of sp³-hybridized carbons (Fsp3) is 0.300. The molecular weight excluding hydrogens is 314 g/mol. The van der Waals surface area contributed by atoms with Gasteiger partial charge < -0.3 is 16.0 Å². The summed E-state index contributed by atoms with van der Waals surface area (Å²) in [6.45, 7) is 7.98. The molecule has 0 aliphatic rings. The largest absolute Gasteiger partial charge is 0.376 e. The first-order valence-corrected chi connectivity index (χ1v) is 8.26. The quantitative estimate of drug-likeness (QED) is 0.780. The van der Waals surface area contributed by atoms with Gasteiger partial charge >= 0.3 is 0 Å². The zero-order valence-corrected chi connectivity index (χ0v) is 15.1. The summed E-state index contributed by atoms with van der Waals surface area (Å²) in [4.78, 5) is 24.0. The number of amides is 2. The predicted octanol–water partition coefficient (Wildman–Crippen LogP) is 3.57. The van der Waals surface area contributed by atoms with Crippen LogP contribution in [0.1, 0.15) is 36.7 Å². The van der Waals surface area contributed by atoms with Crippen molar-refractivity contribution >= 4 is 23.2 Å². The third kappa shape index (κ3) is 6.30. The van der Waals surface area contributed by atoms with Crippen LogP contribution < -0.4 is 16.0 Å². The highest BCUT2D eigenvalue weighted by molar-refractivity contribution is 6.04. The zero-order chi connectivity index (χ0) is 18.4. The topological polar surface area (TPSA) is 70.2 Å². The summed E-state index contributed by atoms with van der Waals surface area (Å²) in [5.74, 6) is -0.210. The van der Waals surface area contributed by atoms with Crippen LogP contribution in [0.4, 0.5) is 11.4 Å². The molecule has 2 amide bonds. The van der Waals surface area contributed by atoms with Crippen LogP contribution in [0.25, 0.3) is 0 Å². The van der Waals surface area contributed by atoms with E-state index in [9.17, 15) is 9.59 Å². The highest BCUT2D eigenvalue weighted by atomic mass is 16.2. The number of rotatable bonds is 5. The van der Waals surface area contributed by atoms with Crippen molar-refractivity contribution in [3.05, 3.63) is 59.7 Å². The Kier molecular flexibility index (Phi) is 5.80. The highest BCUT2D eigenvalue weighted by Crippen LogP contribution is 2.15. The maximum Gasteiger partial charge on any atom is 0.255 e. The number of anilines is 2. The third-order valence-corrected chi connectivity index (χ3v) is 3.39. The molecule has 0 unspecified atom stereocenters. The maximum absolute atomic E-state index is 12.2. The highest BCUT2D eigenvalue weighted by Gasteiger charge is 2.13. The molecule has 132 valence electrons. The SMILES string of the molecule is Cc1cccc(C(=O)Nc2ccc(NCC(=O)NC(C)(C)C)cc2)c1. The normalized spacial score (nSPS) is 10.9. The molecular formula is C20H25N3O2. The van der Waals surface area contributed by atoms with Crippen LogP contribution >= 0.6 is 0 Å². The van der Waals surface area contributed by atoms with E-state index in [2.05, 4.69) is 16.0 Å². The monoisotopic (exact) mass is 339 g/mol. The molecule has 0 aliphatic carbocycles. The molecule has 0 aliphatic heterocycles. The number of aryl methyl sites for hydroxylation is 1. The van der Waals surface area contributed by atoms with E-state index in [0.29, 0.717) is 11.3 Å². The molecule has 0 radical (unpaired) electrons. The summed E-state index contributed by atoms with van der Waals surface area (Å²) < 4.78 is 0. The molecule has 0 spiro atoms. The van der Waals surface area contributed by atoms with Gasteiger partial charge in [0.1, 0.15) is 0 Å². The Morgan fingerprint density at radius 1 is 0.960 bits per heavy atom. The molecule has 0 heterocycles. The van der Waals surface area contributed by atoms with E-state index >= 15 is 0 Å². The van der Waals surface area contributed by atoms with Gasteiger partial charge in [-0.25, -0.2) is 0 Å². The Morgan fingerprint density at radius 2 is 1.60 bits per heavy atom. The summed E-state index contributed by atoms with van der Waals surface area (Å²) in [7, 11) is 0. The van der Waals surface area contributed by atoms with Crippen LogP contribution in [-0.2, 0) is 4.79 Å². The van der Waals surface area contributed by atoms with E-state index in [-0.39, 0.29) is 23.9 Å². The molecule has 2 aromatic carbocycles. The van der Waals surface area contributed by atoms with Gasteiger partial charge in [-0.15, -0.1) is 0 Å². The Labute approximate surface area is 148 Å². The Bertz CT molecular complexity index is 746. The molecule has 0 atom stereocenters. The first-order valence-electron chi connectivity index (χ1n) is 8.26. The lowest BCUT2D eigenvalue weighted by Gasteiger charge is -2.20. The summed E-state index contributed by atoms with van der Waals surface area (Å²) in [6.07, 6.45) is 0. The lowest BCUT2D eigenvalue weighted by molar-refractivity contribution is -0.120. The molecule has 0 saturated carbocycles. The van der Waals surface area contributed by atoms with Crippen LogP contribution in [0.15, 0.2) is 48.5 Å². The average molecular weight is 339 g/mol. The number of hydrogen-bond donors (Lipinski definition) is 3. The van der Waals surface area contributed by atoms with Gasteiger partial charge in [0, 0.05) is 22.5 Å². The molecule has 0 aromatic heterocycles. The predicted molar refractivity (Wildman–Crippen MR) is 102 cm³/mol. The lowest BCUT2D eigenvalue weighted by Crippen LogP contribution is -2.43. The minimum Gasteiger partial charge on any atom is -0.376 e. The maximum atomic E-state index is 12.2. The number of benzene rings is 2. The van der Waals surface area contributed by atoms with Crippen molar-refractivity contribution in [2.75, 3.05) is 17.2 Å². The first kappa shape index (κ1) is 18.5. The summed E-state index contributed by atoms with van der Waals surface area (Å²) in [5.41, 5.74) is 2.94. The summed E-state index contributed by atoms with van der Waals surface area (Å²) >= 11 is 0. The molecule has 3 N–H and O–H groups in total. The Hall–Kier alpha value is -2.82. The van der Waals surface area contributed by atoms with E-state index in [4.69, 9.17) is 0 Å². The lowest BCUT2D eigenvalue weighted by atomic mass is 10.1. The van der Waals surface area contributed by atoms with Crippen LogP contribution in [0.2, 0.25) is 0 Å². The van der Waals surface area contributed by atoms with Crippen molar-refractivity contribution in [2.45, 2.75) is 33.2 Å². The average Bonchev–Trinajstić information content (AvgIpc) is 2.52. The van der Waals surface area contributed by atoms with Crippen molar-refractivity contribution < 1.29 is 9.59 Å². The van der Waals surface area contributed by atoms with Crippen molar-refractivity contribution in [3.8, 4) is 0 Å². The molecule has 0 fully saturated rings. The van der Waals surface area contributed by atoms with Gasteiger partial charge in [0.05, 0.1) is 6.54 Å². The molecule has 2 rings (SSSR count). The molecule has 0 saturated heterocycles.